The monoisotopic (exact) mass is 266 g/mol. The van der Waals surface area contributed by atoms with Gasteiger partial charge in [-0.2, -0.15) is 0 Å². The zero-order valence-corrected chi connectivity index (χ0v) is 11.6. The highest BCUT2D eigenvalue weighted by molar-refractivity contribution is 6.00. The lowest BCUT2D eigenvalue weighted by Gasteiger charge is -2.23. The van der Waals surface area contributed by atoms with E-state index in [1.54, 1.807) is 18.2 Å². The van der Waals surface area contributed by atoms with E-state index < -0.39 is 0 Å². The van der Waals surface area contributed by atoms with Gasteiger partial charge in [-0.15, -0.1) is 0 Å². The molecular weight excluding hydrogens is 248 g/mol. The van der Waals surface area contributed by atoms with Gasteiger partial charge in [0, 0.05) is 11.5 Å². The second kappa shape index (κ2) is 5.12. The van der Waals surface area contributed by atoms with Crippen LogP contribution in [-0.4, -0.2) is 10.9 Å². The average Bonchev–Trinajstić information content (AvgIpc) is 2.44. The first-order valence-electron chi connectivity index (χ1n) is 7.05. The number of phenols is 1. The van der Waals surface area contributed by atoms with Crippen LogP contribution < -0.4 is 0 Å². The Kier molecular flexibility index (Phi) is 3.31. The first kappa shape index (κ1) is 12.9. The van der Waals surface area contributed by atoms with Crippen molar-refractivity contribution in [1.82, 2.24) is 0 Å². The van der Waals surface area contributed by atoms with Crippen LogP contribution in [0.25, 0.3) is 0 Å². The summed E-state index contributed by atoms with van der Waals surface area (Å²) >= 11 is 0. The van der Waals surface area contributed by atoms with Crippen molar-refractivity contribution in [2.45, 2.75) is 26.2 Å². The number of rotatable bonds is 2. The van der Waals surface area contributed by atoms with Gasteiger partial charge in [-0.3, -0.25) is 4.79 Å². The number of Topliss-reactive ketones (excluding diaryl/α,β-unsaturated/α-hetero) is 1. The maximum atomic E-state index is 12.5. The lowest BCUT2D eigenvalue weighted by atomic mass is 9.79. The van der Waals surface area contributed by atoms with E-state index in [9.17, 15) is 9.90 Å². The van der Waals surface area contributed by atoms with Crippen molar-refractivity contribution >= 4 is 5.78 Å². The molecule has 3 rings (SSSR count). The van der Waals surface area contributed by atoms with Crippen LogP contribution in [0.4, 0.5) is 0 Å². The van der Waals surface area contributed by atoms with E-state index in [1.807, 2.05) is 0 Å². The molecule has 0 aromatic heterocycles. The minimum atomic E-state index is 0.0646. The van der Waals surface area contributed by atoms with Crippen LogP contribution in [0.2, 0.25) is 0 Å². The van der Waals surface area contributed by atoms with Crippen LogP contribution in [0.1, 0.15) is 33.5 Å². The maximum absolute atomic E-state index is 12.5. The molecule has 2 heteroatoms. The van der Waals surface area contributed by atoms with E-state index in [1.165, 1.54) is 11.1 Å². The summed E-state index contributed by atoms with van der Waals surface area (Å²) in [4.78, 5) is 12.5. The second-order valence-electron chi connectivity index (χ2n) is 5.63. The Morgan fingerprint density at radius 1 is 1.15 bits per heavy atom. The summed E-state index contributed by atoms with van der Waals surface area (Å²) in [6, 6.07) is 13.5. The molecule has 0 radical (unpaired) electrons. The van der Waals surface area contributed by atoms with Crippen molar-refractivity contribution in [3.05, 3.63) is 64.7 Å². The fourth-order valence-electron chi connectivity index (χ4n) is 2.91. The molecule has 102 valence electrons. The zero-order valence-electron chi connectivity index (χ0n) is 11.6. The molecule has 0 aliphatic heterocycles. The Morgan fingerprint density at radius 2 is 1.90 bits per heavy atom. The Bertz CT molecular complexity index is 641. The first-order valence-corrected chi connectivity index (χ1v) is 7.05. The van der Waals surface area contributed by atoms with Gasteiger partial charge in [-0.25, -0.2) is 0 Å². The third-order valence-electron chi connectivity index (χ3n) is 4.09. The van der Waals surface area contributed by atoms with Gasteiger partial charge in [0.25, 0.3) is 0 Å². The van der Waals surface area contributed by atoms with E-state index in [0.29, 0.717) is 0 Å². The molecule has 0 heterocycles. The van der Waals surface area contributed by atoms with Crippen molar-refractivity contribution in [1.29, 1.82) is 0 Å². The normalized spacial score (nSPS) is 17.9. The lowest BCUT2D eigenvalue weighted by Crippen LogP contribution is -2.24. The molecule has 1 N–H and O–H groups in total. The number of carbonyl (C=O) groups excluding carboxylic acids is 1. The van der Waals surface area contributed by atoms with Crippen LogP contribution in [0.5, 0.6) is 5.75 Å². The number of ketones is 1. The maximum Gasteiger partial charge on any atom is 0.166 e. The Hall–Kier alpha value is -2.09. The number of fused-ring (bicyclic) bond motifs is 1. The van der Waals surface area contributed by atoms with Crippen LogP contribution in [0, 0.1) is 12.8 Å². The Labute approximate surface area is 119 Å². The van der Waals surface area contributed by atoms with Crippen LogP contribution >= 0.6 is 0 Å². The summed E-state index contributed by atoms with van der Waals surface area (Å²) in [5, 5.41) is 9.49. The summed E-state index contributed by atoms with van der Waals surface area (Å²) in [6.07, 6.45) is 2.54. The first-order chi connectivity index (χ1) is 9.63. The van der Waals surface area contributed by atoms with Gasteiger partial charge in [0.05, 0.1) is 0 Å². The Balaban J connectivity index is 1.81. The molecule has 2 aromatic rings. The lowest BCUT2D eigenvalue weighted by molar-refractivity contribution is 0.0901. The summed E-state index contributed by atoms with van der Waals surface area (Å²) in [6.45, 7) is 2.07. The van der Waals surface area contributed by atoms with Gasteiger partial charge in [0.1, 0.15) is 5.75 Å². The second-order valence-corrected chi connectivity index (χ2v) is 5.63. The zero-order chi connectivity index (χ0) is 14.1. The third-order valence-corrected chi connectivity index (χ3v) is 4.09. The molecular formula is C18H18O2. The van der Waals surface area contributed by atoms with Crippen LogP contribution in [-0.2, 0) is 12.8 Å². The molecule has 0 saturated heterocycles. The predicted molar refractivity (Wildman–Crippen MR) is 79.1 cm³/mol. The standard InChI is InChI=1S/C18H18O2/c1-12-2-4-13(5-3-12)10-15-7-6-14-11-16(19)8-9-17(14)18(15)20/h2-5,8-9,11,15,19H,6-7,10H2,1H3. The number of aromatic hydroxyl groups is 1. The molecule has 1 unspecified atom stereocenters. The largest absolute Gasteiger partial charge is 0.508 e. The highest BCUT2D eigenvalue weighted by Gasteiger charge is 2.27. The molecule has 20 heavy (non-hydrogen) atoms. The molecule has 2 aromatic carbocycles. The topological polar surface area (TPSA) is 37.3 Å². The van der Waals surface area contributed by atoms with Crippen molar-refractivity contribution in [3.8, 4) is 5.75 Å². The summed E-state index contributed by atoms with van der Waals surface area (Å²) in [7, 11) is 0. The fraction of sp³-hybridized carbons (Fsp3) is 0.278. The molecule has 1 atom stereocenters. The minimum Gasteiger partial charge on any atom is -0.508 e. The number of hydrogen-bond donors (Lipinski definition) is 1. The predicted octanol–water partition coefficient (Wildman–Crippen LogP) is 3.69. The van der Waals surface area contributed by atoms with E-state index in [-0.39, 0.29) is 17.5 Å². The highest BCUT2D eigenvalue weighted by atomic mass is 16.3. The van der Waals surface area contributed by atoms with E-state index in [4.69, 9.17) is 0 Å². The van der Waals surface area contributed by atoms with Crippen LogP contribution in [0.15, 0.2) is 42.5 Å². The molecule has 0 fully saturated rings. The van der Waals surface area contributed by atoms with Gasteiger partial charge in [0.15, 0.2) is 5.78 Å². The number of benzene rings is 2. The highest BCUT2D eigenvalue weighted by Crippen LogP contribution is 2.30. The summed E-state index contributed by atoms with van der Waals surface area (Å²) in [5.41, 5.74) is 4.22. The average molecular weight is 266 g/mol. The van der Waals surface area contributed by atoms with E-state index in [0.717, 1.165) is 30.4 Å². The SMILES string of the molecule is Cc1ccc(CC2CCc3cc(O)ccc3C2=O)cc1. The van der Waals surface area contributed by atoms with Gasteiger partial charge in [-0.05, 0) is 55.5 Å². The van der Waals surface area contributed by atoms with Crippen LogP contribution in [0.3, 0.4) is 0 Å². The van der Waals surface area contributed by atoms with Crippen molar-refractivity contribution in [3.63, 3.8) is 0 Å². The smallest absolute Gasteiger partial charge is 0.166 e. The van der Waals surface area contributed by atoms with Gasteiger partial charge < -0.3 is 5.11 Å². The van der Waals surface area contributed by atoms with E-state index >= 15 is 0 Å². The van der Waals surface area contributed by atoms with E-state index in [2.05, 4.69) is 31.2 Å². The van der Waals surface area contributed by atoms with Gasteiger partial charge in [0.2, 0.25) is 0 Å². The fourth-order valence-corrected chi connectivity index (χ4v) is 2.91. The van der Waals surface area contributed by atoms with Gasteiger partial charge in [-0.1, -0.05) is 29.8 Å². The van der Waals surface area contributed by atoms with Gasteiger partial charge >= 0.3 is 0 Å². The minimum absolute atomic E-state index is 0.0646. The van der Waals surface area contributed by atoms with Crippen molar-refractivity contribution < 1.29 is 9.90 Å². The van der Waals surface area contributed by atoms with Crippen molar-refractivity contribution in [2.75, 3.05) is 0 Å². The molecule has 0 amide bonds. The molecule has 1 aliphatic rings. The molecule has 0 saturated carbocycles. The third kappa shape index (κ3) is 2.46. The van der Waals surface area contributed by atoms with Crippen molar-refractivity contribution in [2.24, 2.45) is 5.92 Å². The summed E-state index contributed by atoms with van der Waals surface area (Å²) < 4.78 is 0. The quantitative estimate of drug-likeness (QED) is 0.900. The number of phenolic OH excluding ortho intramolecular Hbond substituents is 1. The number of aryl methyl sites for hydroxylation is 2. The molecule has 0 bridgehead atoms. The summed E-state index contributed by atoms with van der Waals surface area (Å²) in [5.74, 6) is 0.523. The number of carbonyl (C=O) groups is 1. The molecule has 1 aliphatic carbocycles. The number of hydrogen-bond acceptors (Lipinski definition) is 2. The Morgan fingerprint density at radius 3 is 2.65 bits per heavy atom. The molecule has 2 nitrogen and oxygen atoms in total. The molecule has 0 spiro atoms.